The second kappa shape index (κ2) is 4.42. The molecule has 3 aromatic rings. The molecule has 0 unspecified atom stereocenters. The lowest BCUT2D eigenvalue weighted by Crippen LogP contribution is -2.43. The van der Waals surface area contributed by atoms with E-state index in [0.29, 0.717) is 11.6 Å². The third kappa shape index (κ3) is 1.63. The van der Waals surface area contributed by atoms with Gasteiger partial charge in [0.05, 0.1) is 22.7 Å². The lowest BCUT2D eigenvalue weighted by atomic mass is 9.97. The molecule has 0 spiro atoms. The Balaban J connectivity index is 2.20. The molecule has 0 saturated carbocycles. The Morgan fingerprint density at radius 2 is 1.52 bits per heavy atom. The van der Waals surface area contributed by atoms with Crippen molar-refractivity contribution < 1.29 is 26.3 Å². The number of pyridine rings is 1. The van der Waals surface area contributed by atoms with Crippen LogP contribution in [0, 0.1) is 11.3 Å². The van der Waals surface area contributed by atoms with Crippen molar-refractivity contribution in [2.24, 2.45) is 0 Å². The normalized spacial score (nSPS) is 19.7. The van der Waals surface area contributed by atoms with Gasteiger partial charge in [0.1, 0.15) is 0 Å². The summed E-state index contributed by atoms with van der Waals surface area (Å²) in [7, 11) is 0. The Labute approximate surface area is 136 Å². The van der Waals surface area contributed by atoms with Gasteiger partial charge in [-0.2, -0.15) is 31.6 Å². The van der Waals surface area contributed by atoms with Crippen molar-refractivity contribution >= 4 is 21.7 Å². The highest BCUT2D eigenvalue weighted by atomic mass is 19.3. The fraction of sp³-hybridized carbons (Fsp3) is 0.176. The van der Waals surface area contributed by atoms with Crippen molar-refractivity contribution in [3.63, 3.8) is 0 Å². The predicted molar refractivity (Wildman–Crippen MR) is 76.7 cm³/mol. The molecule has 126 valence electrons. The first-order chi connectivity index (χ1) is 11.6. The van der Waals surface area contributed by atoms with Crippen LogP contribution in [0.15, 0.2) is 36.5 Å². The minimum Gasteiger partial charge on any atom is -0.255 e. The number of hydrogen-bond donors (Lipinski definition) is 0. The zero-order chi connectivity index (χ0) is 18.2. The van der Waals surface area contributed by atoms with Gasteiger partial charge >= 0.3 is 17.8 Å². The first kappa shape index (κ1) is 15.7. The number of fused-ring (bicyclic) bond motifs is 5. The minimum atomic E-state index is -5.55. The first-order valence-electron chi connectivity index (χ1n) is 7.03. The van der Waals surface area contributed by atoms with Crippen molar-refractivity contribution in [1.29, 1.82) is 5.26 Å². The molecule has 0 aliphatic heterocycles. The zero-order valence-corrected chi connectivity index (χ0v) is 12.1. The van der Waals surface area contributed by atoms with Gasteiger partial charge in [-0.3, -0.25) is 4.98 Å². The van der Waals surface area contributed by atoms with Gasteiger partial charge in [-0.1, -0.05) is 24.3 Å². The largest absolute Gasteiger partial charge is 0.380 e. The van der Waals surface area contributed by atoms with E-state index >= 15 is 0 Å². The van der Waals surface area contributed by atoms with Crippen LogP contribution in [-0.2, 0) is 11.8 Å². The molecule has 0 fully saturated rings. The van der Waals surface area contributed by atoms with Crippen LogP contribution in [0.25, 0.3) is 21.7 Å². The molecule has 1 aromatic heterocycles. The standard InChI is InChI=1S/C17H6F6N2/c18-15(19)12-7-25-14-10-3-1-2-8(6-24)9(10)4-5-11(14)13(12)16(20,21)17(15,22)23/h1-5,7H. The Bertz CT molecular complexity index is 1100. The first-order valence-corrected chi connectivity index (χ1v) is 7.03. The highest BCUT2D eigenvalue weighted by molar-refractivity contribution is 6.08. The van der Waals surface area contributed by atoms with Crippen molar-refractivity contribution in [3.05, 3.63) is 53.2 Å². The lowest BCUT2D eigenvalue weighted by Gasteiger charge is -2.23. The molecule has 1 aliphatic rings. The topological polar surface area (TPSA) is 36.7 Å². The maximum atomic E-state index is 14.2. The molecule has 2 aromatic carbocycles. The van der Waals surface area contributed by atoms with Crippen molar-refractivity contribution in [2.75, 3.05) is 0 Å². The maximum absolute atomic E-state index is 14.2. The number of benzene rings is 2. The molecule has 2 nitrogen and oxygen atoms in total. The number of nitrogens with zero attached hydrogens (tertiary/aromatic N) is 2. The van der Waals surface area contributed by atoms with Crippen LogP contribution in [-0.4, -0.2) is 10.9 Å². The summed E-state index contributed by atoms with van der Waals surface area (Å²) in [6.07, 6.45) is 0.366. The van der Waals surface area contributed by atoms with Crippen LogP contribution in [0.5, 0.6) is 0 Å². The van der Waals surface area contributed by atoms with E-state index in [0.717, 1.165) is 6.07 Å². The Morgan fingerprint density at radius 1 is 0.840 bits per heavy atom. The van der Waals surface area contributed by atoms with E-state index in [4.69, 9.17) is 5.26 Å². The summed E-state index contributed by atoms with van der Waals surface area (Å²) in [6, 6.07) is 8.62. The fourth-order valence-corrected chi connectivity index (χ4v) is 3.22. The Kier molecular flexibility index (Phi) is 2.77. The maximum Gasteiger partial charge on any atom is 0.380 e. The van der Waals surface area contributed by atoms with E-state index in [1.54, 1.807) is 0 Å². The highest BCUT2D eigenvalue weighted by Gasteiger charge is 2.79. The third-order valence-electron chi connectivity index (χ3n) is 4.46. The molecule has 0 amide bonds. The average molecular weight is 352 g/mol. The van der Waals surface area contributed by atoms with Crippen molar-refractivity contribution in [3.8, 4) is 6.07 Å². The van der Waals surface area contributed by atoms with Gasteiger partial charge in [0, 0.05) is 27.9 Å². The second-order valence-corrected chi connectivity index (χ2v) is 5.74. The van der Waals surface area contributed by atoms with Gasteiger partial charge in [-0.05, 0) is 6.07 Å². The van der Waals surface area contributed by atoms with E-state index in [1.165, 1.54) is 24.3 Å². The molecule has 1 aliphatic carbocycles. The highest BCUT2D eigenvalue weighted by Crippen LogP contribution is 2.64. The van der Waals surface area contributed by atoms with Crippen LogP contribution < -0.4 is 0 Å². The van der Waals surface area contributed by atoms with Crippen LogP contribution in [0.1, 0.15) is 16.7 Å². The number of hydrogen-bond acceptors (Lipinski definition) is 2. The second-order valence-electron chi connectivity index (χ2n) is 5.74. The molecule has 8 heteroatoms. The molecule has 0 atom stereocenters. The van der Waals surface area contributed by atoms with Gasteiger partial charge in [0.25, 0.3) is 0 Å². The molecular weight excluding hydrogens is 346 g/mol. The number of nitriles is 1. The van der Waals surface area contributed by atoms with Crippen LogP contribution in [0.2, 0.25) is 0 Å². The van der Waals surface area contributed by atoms with Crippen molar-refractivity contribution in [1.82, 2.24) is 4.98 Å². The summed E-state index contributed by atoms with van der Waals surface area (Å²) in [5, 5.41) is 9.22. The quantitative estimate of drug-likeness (QED) is 0.417. The van der Waals surface area contributed by atoms with Crippen LogP contribution in [0.3, 0.4) is 0 Å². The molecule has 1 heterocycles. The molecular formula is C17H6F6N2. The van der Waals surface area contributed by atoms with E-state index in [-0.39, 0.29) is 16.5 Å². The zero-order valence-electron chi connectivity index (χ0n) is 12.1. The summed E-state index contributed by atoms with van der Waals surface area (Å²) in [6.45, 7) is 0. The number of aromatic nitrogens is 1. The fourth-order valence-electron chi connectivity index (χ4n) is 3.22. The lowest BCUT2D eigenvalue weighted by molar-refractivity contribution is -0.302. The van der Waals surface area contributed by atoms with E-state index in [1.807, 2.05) is 6.07 Å². The van der Waals surface area contributed by atoms with Gasteiger partial charge < -0.3 is 0 Å². The van der Waals surface area contributed by atoms with Gasteiger partial charge in [0.15, 0.2) is 0 Å². The summed E-state index contributed by atoms with van der Waals surface area (Å²) in [5.74, 6) is -15.6. The molecule has 4 rings (SSSR count). The SMILES string of the molecule is N#Cc1cccc2c1ccc1c3c(cnc12)C(F)(F)C(F)(F)C3(F)F. The number of rotatable bonds is 0. The molecule has 0 bridgehead atoms. The van der Waals surface area contributed by atoms with Crippen LogP contribution in [0.4, 0.5) is 26.3 Å². The molecule has 25 heavy (non-hydrogen) atoms. The average Bonchev–Trinajstić information content (AvgIpc) is 2.69. The molecule has 0 radical (unpaired) electrons. The predicted octanol–water partition coefficient (Wildman–Crippen LogP) is 5.09. The van der Waals surface area contributed by atoms with Crippen LogP contribution >= 0.6 is 0 Å². The monoisotopic (exact) mass is 352 g/mol. The Morgan fingerprint density at radius 3 is 2.20 bits per heavy atom. The summed E-state index contributed by atoms with van der Waals surface area (Å²) < 4.78 is 83.4. The smallest absolute Gasteiger partial charge is 0.255 e. The third-order valence-corrected chi connectivity index (χ3v) is 4.46. The minimum absolute atomic E-state index is 0.137. The Hall–Kier alpha value is -2.82. The van der Waals surface area contributed by atoms with E-state index < -0.39 is 34.3 Å². The summed E-state index contributed by atoms with van der Waals surface area (Å²) in [5.41, 5.74) is -2.81. The van der Waals surface area contributed by atoms with Gasteiger partial charge in [-0.15, -0.1) is 0 Å². The van der Waals surface area contributed by atoms with E-state index in [2.05, 4.69) is 4.98 Å². The summed E-state index contributed by atoms with van der Waals surface area (Å²) in [4.78, 5) is 3.73. The van der Waals surface area contributed by atoms with Gasteiger partial charge in [0.2, 0.25) is 0 Å². The molecule has 0 N–H and O–H groups in total. The van der Waals surface area contributed by atoms with E-state index in [9.17, 15) is 26.3 Å². The van der Waals surface area contributed by atoms with Gasteiger partial charge in [-0.25, -0.2) is 0 Å². The molecule has 0 saturated heterocycles. The van der Waals surface area contributed by atoms with Crippen molar-refractivity contribution in [2.45, 2.75) is 17.8 Å². The summed E-state index contributed by atoms with van der Waals surface area (Å²) >= 11 is 0. The number of halogens is 6. The number of alkyl halides is 6.